The molecule has 0 unspecified atom stereocenters. The second kappa shape index (κ2) is 12.9. The molecule has 2 aliphatic heterocycles. The van der Waals surface area contributed by atoms with E-state index in [0.717, 1.165) is 59.4 Å². The number of hydrogen-bond donors (Lipinski definition) is 3. The van der Waals surface area contributed by atoms with Crippen molar-refractivity contribution in [1.82, 2.24) is 20.9 Å². The number of rotatable bonds is 8. The summed E-state index contributed by atoms with van der Waals surface area (Å²) in [4.78, 5) is 18.6. The van der Waals surface area contributed by atoms with Crippen LogP contribution < -0.4 is 25.6 Å². The lowest BCUT2D eigenvalue weighted by molar-refractivity contribution is -0.119. The van der Waals surface area contributed by atoms with Gasteiger partial charge in [0.15, 0.2) is 0 Å². The van der Waals surface area contributed by atoms with E-state index in [-0.39, 0.29) is 11.9 Å². The van der Waals surface area contributed by atoms with Gasteiger partial charge in [-0.15, -0.1) is 0 Å². The number of likely N-dealkylation sites (N-methyl/N-ethyl adjacent to an activating group) is 1. The van der Waals surface area contributed by atoms with Crippen molar-refractivity contribution in [3.63, 3.8) is 0 Å². The van der Waals surface area contributed by atoms with Crippen LogP contribution >= 0.6 is 23.2 Å². The number of ether oxygens (including phenoxy) is 1. The Balaban J connectivity index is 1.28. The maximum atomic E-state index is 11.5. The first-order valence-electron chi connectivity index (χ1n) is 14.6. The third-order valence-electron chi connectivity index (χ3n) is 8.23. The molecule has 2 aliphatic rings. The molecule has 7 nitrogen and oxygen atoms in total. The molecule has 3 heterocycles. The van der Waals surface area contributed by atoms with E-state index in [1.165, 1.54) is 11.3 Å². The van der Waals surface area contributed by atoms with Crippen LogP contribution in [0.4, 0.5) is 5.69 Å². The minimum Gasteiger partial charge on any atom is -0.481 e. The molecule has 3 aromatic carbocycles. The smallest absolute Gasteiger partial charge is 0.220 e. The molecular weight excluding hydrogens is 581 g/mol. The molecule has 1 atom stereocenters. The summed E-state index contributed by atoms with van der Waals surface area (Å²) < 4.78 is 5.65. The van der Waals surface area contributed by atoms with Crippen molar-refractivity contribution in [3.05, 3.63) is 87.9 Å². The second-order valence-electron chi connectivity index (χ2n) is 11.1. The number of hydrogen-bond acceptors (Lipinski definition) is 6. The lowest BCUT2D eigenvalue weighted by Gasteiger charge is -2.20. The van der Waals surface area contributed by atoms with Crippen molar-refractivity contribution in [2.45, 2.75) is 32.0 Å². The van der Waals surface area contributed by atoms with Gasteiger partial charge in [-0.25, -0.2) is 4.98 Å². The Kier molecular flexibility index (Phi) is 8.86. The first-order valence-corrected chi connectivity index (χ1v) is 15.4. The number of anilines is 1. The van der Waals surface area contributed by atoms with E-state index in [1.807, 2.05) is 42.5 Å². The van der Waals surface area contributed by atoms with E-state index < -0.39 is 0 Å². The van der Waals surface area contributed by atoms with E-state index in [9.17, 15) is 4.79 Å². The van der Waals surface area contributed by atoms with Crippen LogP contribution in [0.2, 0.25) is 10.0 Å². The fraction of sp³-hybridized carbons (Fsp3) is 0.294. The molecule has 4 aromatic rings. The number of methoxy groups -OCH3 is 1. The zero-order chi connectivity index (χ0) is 29.9. The molecular formula is C34H35Cl2N5O2. The number of aromatic nitrogens is 1. The maximum absolute atomic E-state index is 11.5. The molecule has 0 aliphatic carbocycles. The number of carbonyl (C=O) groups is 1. The number of amides is 1. The van der Waals surface area contributed by atoms with E-state index in [1.54, 1.807) is 7.11 Å². The number of carbonyl (C=O) groups excluding carboxylic acids is 1. The average molecular weight is 617 g/mol. The third kappa shape index (κ3) is 6.22. The Morgan fingerprint density at radius 3 is 2.49 bits per heavy atom. The van der Waals surface area contributed by atoms with Crippen molar-refractivity contribution < 1.29 is 9.53 Å². The second-order valence-corrected chi connectivity index (χ2v) is 11.8. The highest BCUT2D eigenvalue weighted by Crippen LogP contribution is 2.43. The normalized spacial score (nSPS) is 16.5. The van der Waals surface area contributed by atoms with E-state index in [2.05, 4.69) is 52.2 Å². The van der Waals surface area contributed by atoms with Gasteiger partial charge in [0.1, 0.15) is 0 Å². The molecule has 3 N–H and O–H groups in total. The summed E-state index contributed by atoms with van der Waals surface area (Å²) in [5, 5.41) is 11.1. The number of benzene rings is 3. The number of nitrogens with one attached hydrogen (secondary N) is 3. The Hall–Kier alpha value is -3.62. The highest BCUT2D eigenvalue weighted by molar-refractivity contribution is 6.39. The Morgan fingerprint density at radius 1 is 1.00 bits per heavy atom. The van der Waals surface area contributed by atoms with Crippen LogP contribution in [0.25, 0.3) is 33.5 Å². The van der Waals surface area contributed by atoms with Gasteiger partial charge in [-0.2, -0.15) is 0 Å². The van der Waals surface area contributed by atoms with Gasteiger partial charge >= 0.3 is 0 Å². The molecule has 1 aromatic heterocycles. The minimum atomic E-state index is 0.113. The minimum absolute atomic E-state index is 0.113. The molecule has 9 heteroatoms. The Labute approximate surface area is 262 Å². The number of pyridine rings is 1. The number of nitrogens with zero attached hydrogens (tertiary/aromatic N) is 2. The van der Waals surface area contributed by atoms with Crippen LogP contribution in [0, 0.1) is 0 Å². The molecule has 0 radical (unpaired) electrons. The largest absolute Gasteiger partial charge is 0.481 e. The van der Waals surface area contributed by atoms with Gasteiger partial charge < -0.3 is 25.6 Å². The highest BCUT2D eigenvalue weighted by Gasteiger charge is 2.21. The third-order valence-corrected chi connectivity index (χ3v) is 9.05. The van der Waals surface area contributed by atoms with E-state index >= 15 is 0 Å². The fourth-order valence-electron chi connectivity index (χ4n) is 5.87. The predicted molar refractivity (Wildman–Crippen MR) is 175 cm³/mol. The van der Waals surface area contributed by atoms with Gasteiger partial charge in [-0.3, -0.25) is 4.79 Å². The molecule has 222 valence electrons. The van der Waals surface area contributed by atoms with Gasteiger partial charge in [0.25, 0.3) is 0 Å². The highest BCUT2D eigenvalue weighted by atomic mass is 35.5. The first kappa shape index (κ1) is 29.5. The van der Waals surface area contributed by atoms with Crippen LogP contribution in [-0.4, -0.2) is 50.7 Å². The fourth-order valence-corrected chi connectivity index (χ4v) is 6.53. The zero-order valence-electron chi connectivity index (χ0n) is 24.3. The van der Waals surface area contributed by atoms with Crippen molar-refractivity contribution in [3.8, 4) is 39.4 Å². The number of halogens is 2. The molecule has 0 saturated carbocycles. The summed E-state index contributed by atoms with van der Waals surface area (Å²) >= 11 is 14.2. The molecule has 0 spiro atoms. The van der Waals surface area contributed by atoms with Crippen LogP contribution in [0.5, 0.6) is 5.88 Å². The van der Waals surface area contributed by atoms with Gasteiger partial charge in [0, 0.05) is 85.7 Å². The Morgan fingerprint density at radius 2 is 1.74 bits per heavy atom. The average Bonchev–Trinajstić information content (AvgIpc) is 3.35. The number of fused-ring (bicyclic) bond motifs is 1. The molecule has 0 bridgehead atoms. The van der Waals surface area contributed by atoms with Crippen molar-refractivity contribution in [2.24, 2.45) is 0 Å². The summed E-state index contributed by atoms with van der Waals surface area (Å²) in [6.07, 6.45) is 1.44. The topological polar surface area (TPSA) is 78.5 Å². The van der Waals surface area contributed by atoms with Crippen LogP contribution in [0.3, 0.4) is 0 Å². The van der Waals surface area contributed by atoms with E-state index in [0.29, 0.717) is 41.1 Å². The standard InChI is InChI=1S/C34H35Cl2N5O2/c1-41-16-15-37-18-22-10-9-21(17-30(22)41)25-5-3-6-26(32(25)35)27-7-4-8-28(33(27)36)29-13-11-23(34(40-29)43-2)19-38-20-24-12-14-31(42)39-24/h3-11,13,17,24,37-38H,12,14-16,18-20H2,1-2H3,(H,39,42)/t24-/m0/s1. The van der Waals surface area contributed by atoms with Gasteiger partial charge in [0.05, 0.1) is 22.8 Å². The van der Waals surface area contributed by atoms with Gasteiger partial charge in [-0.1, -0.05) is 77.8 Å². The SMILES string of the molecule is COc1nc(-c2cccc(-c3cccc(-c4ccc5c(c4)N(C)CCNC5)c3Cl)c2Cl)ccc1CNC[C@@H]1CCC(=O)N1. The lowest BCUT2D eigenvalue weighted by Crippen LogP contribution is -2.35. The molecule has 6 rings (SSSR count). The summed E-state index contributed by atoms with van der Waals surface area (Å²) in [7, 11) is 3.75. The van der Waals surface area contributed by atoms with Crippen LogP contribution in [0.15, 0.2) is 66.7 Å². The van der Waals surface area contributed by atoms with Gasteiger partial charge in [-0.05, 0) is 29.7 Å². The van der Waals surface area contributed by atoms with E-state index in [4.69, 9.17) is 32.9 Å². The summed E-state index contributed by atoms with van der Waals surface area (Å²) in [6.45, 7) is 4.03. The zero-order valence-corrected chi connectivity index (χ0v) is 25.9. The first-order chi connectivity index (χ1) is 20.9. The van der Waals surface area contributed by atoms with Crippen LogP contribution in [-0.2, 0) is 17.9 Å². The summed E-state index contributed by atoms with van der Waals surface area (Å²) in [5.41, 5.74) is 8.67. The monoisotopic (exact) mass is 615 g/mol. The Bertz CT molecular complexity index is 1660. The van der Waals surface area contributed by atoms with Crippen molar-refractivity contribution in [2.75, 3.05) is 38.7 Å². The summed E-state index contributed by atoms with van der Waals surface area (Å²) in [6, 6.07) is 22.7. The lowest BCUT2D eigenvalue weighted by atomic mass is 9.95. The van der Waals surface area contributed by atoms with Crippen LogP contribution in [0.1, 0.15) is 24.0 Å². The van der Waals surface area contributed by atoms with Crippen molar-refractivity contribution >= 4 is 34.8 Å². The van der Waals surface area contributed by atoms with Crippen molar-refractivity contribution in [1.29, 1.82) is 0 Å². The molecule has 1 fully saturated rings. The maximum Gasteiger partial charge on any atom is 0.220 e. The quantitative estimate of drug-likeness (QED) is 0.216. The molecule has 43 heavy (non-hydrogen) atoms. The summed E-state index contributed by atoms with van der Waals surface area (Å²) in [5.74, 6) is 0.646. The molecule has 1 saturated heterocycles. The predicted octanol–water partition coefficient (Wildman–Crippen LogP) is 6.31. The molecule has 1 amide bonds. The van der Waals surface area contributed by atoms with Gasteiger partial charge in [0.2, 0.25) is 11.8 Å².